The van der Waals surface area contributed by atoms with Gasteiger partial charge in [0.15, 0.2) is 17.0 Å². The quantitative estimate of drug-likeness (QED) is 0.472. The minimum absolute atomic E-state index is 0.222. The molecule has 0 amide bonds. The van der Waals surface area contributed by atoms with Crippen LogP contribution in [0, 0.1) is 0 Å². The van der Waals surface area contributed by atoms with Gasteiger partial charge < -0.3 is 19.8 Å². The second-order valence-electron chi connectivity index (χ2n) is 7.12. The molecule has 9 nitrogen and oxygen atoms in total. The topological polar surface area (TPSA) is 109 Å². The minimum atomic E-state index is -0.711. The number of aliphatic hydroxyl groups excluding tert-OH is 2. The summed E-state index contributed by atoms with van der Waals surface area (Å²) in [6.07, 6.45) is 8.12. The molecule has 0 spiro atoms. The number of nitrogens with zero attached hydrogens (tertiary/aromatic N) is 6. The molecular formula is C19H30N6O3. The molecule has 3 atom stereocenters. The highest BCUT2D eigenvalue weighted by Gasteiger charge is 2.35. The van der Waals surface area contributed by atoms with Gasteiger partial charge >= 0.3 is 0 Å². The van der Waals surface area contributed by atoms with Crippen molar-refractivity contribution in [2.45, 2.75) is 64.4 Å². The predicted octanol–water partition coefficient (Wildman–Crippen LogP) is 2.03. The molecule has 3 heterocycles. The van der Waals surface area contributed by atoms with E-state index in [0.29, 0.717) is 23.4 Å². The van der Waals surface area contributed by atoms with Crippen LogP contribution in [-0.4, -0.2) is 72.9 Å². The van der Waals surface area contributed by atoms with Crippen LogP contribution in [0.4, 0.5) is 5.82 Å². The summed E-state index contributed by atoms with van der Waals surface area (Å²) in [5, 5.41) is 19.3. The number of fused-ring (bicyclic) bond motifs is 1. The first kappa shape index (κ1) is 20.6. The van der Waals surface area contributed by atoms with Gasteiger partial charge in [-0.05, 0) is 12.8 Å². The normalized spacial score (nSPS) is 22.5. The summed E-state index contributed by atoms with van der Waals surface area (Å²) >= 11 is 0. The highest BCUT2D eigenvalue weighted by atomic mass is 16.5. The van der Waals surface area contributed by atoms with Crippen LogP contribution >= 0.6 is 0 Å². The summed E-state index contributed by atoms with van der Waals surface area (Å²) < 4.78 is 7.48. The van der Waals surface area contributed by atoms with Crippen LogP contribution in [0.3, 0.4) is 0 Å². The maximum atomic E-state index is 9.99. The standard InChI is InChI=1S/C19H30N6O3/c1-3-5-7-24(8-6-4-2)12-23-18-17-19(21-11-20-18)25(13-22-17)16-9-14(27)15(10-26)28-16/h11-16,26-27H,3-10H2,1-2H3/t14-,15+,16+/m0/s1. The van der Waals surface area contributed by atoms with Crippen LogP contribution in [0.1, 0.15) is 52.2 Å². The lowest BCUT2D eigenvalue weighted by Gasteiger charge is -2.18. The smallest absolute Gasteiger partial charge is 0.184 e. The Balaban J connectivity index is 1.80. The number of unbranched alkanes of at least 4 members (excludes halogenated alkanes) is 2. The van der Waals surface area contributed by atoms with E-state index in [9.17, 15) is 10.2 Å². The van der Waals surface area contributed by atoms with Crippen molar-refractivity contribution in [2.75, 3.05) is 19.7 Å². The van der Waals surface area contributed by atoms with E-state index in [4.69, 9.17) is 4.74 Å². The summed E-state index contributed by atoms with van der Waals surface area (Å²) in [6, 6.07) is 0. The van der Waals surface area contributed by atoms with Gasteiger partial charge in [-0.1, -0.05) is 26.7 Å². The van der Waals surface area contributed by atoms with E-state index in [1.165, 1.54) is 6.33 Å². The first-order chi connectivity index (χ1) is 13.7. The maximum absolute atomic E-state index is 9.99. The Kier molecular flexibility index (Phi) is 7.30. The predicted molar refractivity (Wildman–Crippen MR) is 106 cm³/mol. The van der Waals surface area contributed by atoms with Crippen molar-refractivity contribution in [1.29, 1.82) is 0 Å². The largest absolute Gasteiger partial charge is 0.394 e. The Bertz CT molecular complexity index is 772. The van der Waals surface area contributed by atoms with Gasteiger partial charge in [0, 0.05) is 19.5 Å². The van der Waals surface area contributed by atoms with Crippen molar-refractivity contribution in [1.82, 2.24) is 24.4 Å². The Hall–Kier alpha value is -2.10. The number of aromatic nitrogens is 4. The van der Waals surface area contributed by atoms with Crippen molar-refractivity contribution in [3.05, 3.63) is 12.7 Å². The van der Waals surface area contributed by atoms with Crippen LogP contribution in [0.15, 0.2) is 17.6 Å². The van der Waals surface area contributed by atoms with Crippen molar-refractivity contribution >= 4 is 23.3 Å². The van der Waals surface area contributed by atoms with Gasteiger partial charge in [0.1, 0.15) is 18.7 Å². The van der Waals surface area contributed by atoms with Crippen LogP contribution in [-0.2, 0) is 4.74 Å². The average Bonchev–Trinajstić information content (AvgIpc) is 3.30. The average molecular weight is 390 g/mol. The molecule has 154 valence electrons. The molecule has 0 unspecified atom stereocenters. The Morgan fingerprint density at radius 3 is 2.64 bits per heavy atom. The third-order valence-corrected chi connectivity index (χ3v) is 4.97. The molecule has 0 aromatic carbocycles. The molecule has 1 saturated heterocycles. The van der Waals surface area contributed by atoms with Gasteiger partial charge in [-0.3, -0.25) is 4.57 Å². The molecule has 2 aromatic heterocycles. The summed E-state index contributed by atoms with van der Waals surface area (Å²) in [5.74, 6) is 0.513. The molecule has 2 aromatic rings. The Morgan fingerprint density at radius 1 is 1.25 bits per heavy atom. The van der Waals surface area contributed by atoms with Crippen LogP contribution < -0.4 is 0 Å². The number of hydrogen-bond acceptors (Lipinski definition) is 7. The number of ether oxygens (including phenoxy) is 1. The molecule has 1 aliphatic rings. The zero-order valence-corrected chi connectivity index (χ0v) is 16.6. The fourth-order valence-corrected chi connectivity index (χ4v) is 3.28. The van der Waals surface area contributed by atoms with Crippen LogP contribution in [0.5, 0.6) is 0 Å². The second-order valence-corrected chi connectivity index (χ2v) is 7.12. The lowest BCUT2D eigenvalue weighted by Crippen LogP contribution is -2.24. The van der Waals surface area contributed by atoms with E-state index in [-0.39, 0.29) is 6.61 Å². The van der Waals surface area contributed by atoms with Crippen LogP contribution in [0.25, 0.3) is 11.2 Å². The van der Waals surface area contributed by atoms with Crippen molar-refractivity contribution < 1.29 is 14.9 Å². The molecule has 3 rings (SSSR count). The van der Waals surface area contributed by atoms with Crippen molar-refractivity contribution in [2.24, 2.45) is 4.99 Å². The number of rotatable bonds is 10. The molecule has 0 saturated carbocycles. The van der Waals surface area contributed by atoms with E-state index in [1.807, 2.05) is 6.34 Å². The minimum Gasteiger partial charge on any atom is -0.394 e. The van der Waals surface area contributed by atoms with Gasteiger partial charge in [0.25, 0.3) is 0 Å². The Morgan fingerprint density at radius 2 is 2.00 bits per heavy atom. The number of aliphatic imine (C=N–C) groups is 1. The van der Waals surface area contributed by atoms with E-state index < -0.39 is 18.4 Å². The highest BCUT2D eigenvalue weighted by Crippen LogP contribution is 2.31. The molecule has 28 heavy (non-hydrogen) atoms. The number of hydrogen-bond donors (Lipinski definition) is 2. The summed E-state index contributed by atoms with van der Waals surface area (Å²) in [6.45, 7) is 6.08. The highest BCUT2D eigenvalue weighted by molar-refractivity contribution is 5.82. The molecular weight excluding hydrogens is 360 g/mol. The van der Waals surface area contributed by atoms with E-state index in [1.54, 1.807) is 10.9 Å². The van der Waals surface area contributed by atoms with E-state index in [0.717, 1.165) is 38.8 Å². The Labute approximate surface area is 165 Å². The fraction of sp³-hybridized carbons (Fsp3) is 0.684. The van der Waals surface area contributed by atoms with Gasteiger partial charge in [-0.2, -0.15) is 0 Å². The summed E-state index contributed by atoms with van der Waals surface area (Å²) in [4.78, 5) is 19.8. The zero-order valence-electron chi connectivity index (χ0n) is 16.6. The molecule has 0 bridgehead atoms. The van der Waals surface area contributed by atoms with Crippen molar-refractivity contribution in [3.63, 3.8) is 0 Å². The third kappa shape index (κ3) is 4.65. The third-order valence-electron chi connectivity index (χ3n) is 4.97. The lowest BCUT2D eigenvalue weighted by molar-refractivity contribution is -0.0432. The monoisotopic (exact) mass is 390 g/mol. The van der Waals surface area contributed by atoms with Gasteiger partial charge in [0.2, 0.25) is 0 Å². The molecule has 9 heteroatoms. The molecule has 2 N–H and O–H groups in total. The zero-order chi connectivity index (χ0) is 19.9. The van der Waals surface area contributed by atoms with Gasteiger partial charge in [-0.15, -0.1) is 0 Å². The molecule has 0 aliphatic carbocycles. The summed E-state index contributed by atoms with van der Waals surface area (Å²) in [5.41, 5.74) is 1.20. The van der Waals surface area contributed by atoms with Crippen LogP contribution in [0.2, 0.25) is 0 Å². The second kappa shape index (κ2) is 9.90. The summed E-state index contributed by atoms with van der Waals surface area (Å²) in [7, 11) is 0. The first-order valence-corrected chi connectivity index (χ1v) is 10.1. The maximum Gasteiger partial charge on any atom is 0.184 e. The number of aliphatic hydroxyl groups is 2. The van der Waals surface area contributed by atoms with E-state index in [2.05, 4.69) is 38.7 Å². The fourth-order valence-electron chi connectivity index (χ4n) is 3.28. The van der Waals surface area contributed by atoms with E-state index >= 15 is 0 Å². The molecule has 1 aliphatic heterocycles. The van der Waals surface area contributed by atoms with Gasteiger partial charge in [-0.25, -0.2) is 19.9 Å². The molecule has 0 radical (unpaired) electrons. The van der Waals surface area contributed by atoms with Crippen molar-refractivity contribution in [3.8, 4) is 0 Å². The first-order valence-electron chi connectivity index (χ1n) is 10.1. The SMILES string of the molecule is CCCCN(C=Nc1ncnc2c1ncn2[C@H]1C[C@H](O)[C@@H](CO)O1)CCCC. The number of imidazole rings is 1. The van der Waals surface area contributed by atoms with Gasteiger partial charge in [0.05, 0.1) is 25.4 Å². The molecule has 1 fully saturated rings. The lowest BCUT2D eigenvalue weighted by atomic mass is 10.2.